The molecule has 0 aliphatic carbocycles. The van der Waals surface area contributed by atoms with Gasteiger partial charge < -0.3 is 15.0 Å². The molecule has 116 valence electrons. The van der Waals surface area contributed by atoms with Crippen molar-refractivity contribution in [1.29, 1.82) is 0 Å². The Morgan fingerprint density at radius 3 is 2.71 bits per heavy atom. The second-order valence-electron chi connectivity index (χ2n) is 6.02. The van der Waals surface area contributed by atoms with Crippen molar-refractivity contribution in [2.24, 2.45) is 5.41 Å². The summed E-state index contributed by atoms with van der Waals surface area (Å²) in [6, 6.07) is 7.77. The molecule has 0 aromatic heterocycles. The van der Waals surface area contributed by atoms with Gasteiger partial charge in [0, 0.05) is 25.0 Å². The monoisotopic (exact) mass is 310 g/mol. The molecule has 1 aromatic carbocycles. The Morgan fingerprint density at radius 1 is 1.33 bits per heavy atom. The van der Waals surface area contributed by atoms with Crippen LogP contribution >= 0.6 is 12.4 Å². The number of halogens is 1. The number of ether oxygens (including phenoxy) is 1. The summed E-state index contributed by atoms with van der Waals surface area (Å²) in [6.07, 6.45) is 2.85. The van der Waals surface area contributed by atoms with Gasteiger partial charge in [-0.3, -0.25) is 4.79 Å². The van der Waals surface area contributed by atoms with Gasteiger partial charge in [0.25, 0.3) is 0 Å². The van der Waals surface area contributed by atoms with Gasteiger partial charge in [0.1, 0.15) is 5.75 Å². The minimum absolute atomic E-state index is 0. The van der Waals surface area contributed by atoms with Gasteiger partial charge in [0.15, 0.2) is 0 Å². The van der Waals surface area contributed by atoms with Crippen LogP contribution in [0.2, 0.25) is 0 Å². The van der Waals surface area contributed by atoms with E-state index in [9.17, 15) is 4.79 Å². The Morgan fingerprint density at radius 2 is 2.10 bits per heavy atom. The number of nitrogens with one attached hydrogen (secondary N) is 1. The van der Waals surface area contributed by atoms with Crippen molar-refractivity contribution in [2.45, 2.75) is 19.3 Å². The van der Waals surface area contributed by atoms with Crippen LogP contribution in [0.5, 0.6) is 5.75 Å². The van der Waals surface area contributed by atoms with Crippen molar-refractivity contribution in [1.82, 2.24) is 10.2 Å². The molecule has 3 rings (SSSR count). The molecule has 1 amide bonds. The van der Waals surface area contributed by atoms with Gasteiger partial charge in [0.2, 0.25) is 5.91 Å². The lowest BCUT2D eigenvalue weighted by Crippen LogP contribution is -2.34. The van der Waals surface area contributed by atoms with Crippen LogP contribution in [0, 0.1) is 5.41 Å². The fraction of sp³-hybridized carbons (Fsp3) is 0.562. The predicted octanol–water partition coefficient (Wildman–Crippen LogP) is 1.87. The molecule has 0 radical (unpaired) electrons. The first-order chi connectivity index (χ1) is 9.71. The zero-order valence-electron chi connectivity index (χ0n) is 12.4. The average Bonchev–Trinajstić information content (AvgIpc) is 3.10. The van der Waals surface area contributed by atoms with Gasteiger partial charge in [-0.1, -0.05) is 12.1 Å². The average molecular weight is 311 g/mol. The van der Waals surface area contributed by atoms with E-state index < -0.39 is 0 Å². The molecule has 2 aliphatic rings. The number of hydrogen-bond acceptors (Lipinski definition) is 3. The number of carbonyl (C=O) groups is 1. The lowest BCUT2D eigenvalue weighted by molar-refractivity contribution is -0.129. The maximum Gasteiger partial charge on any atom is 0.227 e. The van der Waals surface area contributed by atoms with E-state index in [1.807, 2.05) is 29.2 Å². The molecule has 2 aliphatic heterocycles. The Bertz CT molecular complexity index is 484. The summed E-state index contributed by atoms with van der Waals surface area (Å²) < 4.78 is 5.13. The van der Waals surface area contributed by atoms with Crippen LogP contribution in [0.1, 0.15) is 18.4 Å². The molecular formula is C16H23ClN2O2. The molecule has 1 N–H and O–H groups in total. The third kappa shape index (κ3) is 3.50. The van der Waals surface area contributed by atoms with E-state index in [1.165, 1.54) is 6.42 Å². The molecule has 1 spiro atoms. The lowest BCUT2D eigenvalue weighted by Gasteiger charge is -2.22. The number of likely N-dealkylation sites (tertiary alicyclic amines) is 1. The highest BCUT2D eigenvalue weighted by atomic mass is 35.5. The smallest absolute Gasteiger partial charge is 0.227 e. The third-order valence-electron chi connectivity index (χ3n) is 4.64. The van der Waals surface area contributed by atoms with E-state index in [0.717, 1.165) is 43.9 Å². The number of methoxy groups -OCH3 is 1. The normalized spacial score (nSPS) is 24.1. The summed E-state index contributed by atoms with van der Waals surface area (Å²) >= 11 is 0. The van der Waals surface area contributed by atoms with Crippen molar-refractivity contribution >= 4 is 18.3 Å². The number of nitrogens with zero attached hydrogens (tertiary/aromatic N) is 1. The van der Waals surface area contributed by atoms with Crippen LogP contribution in [0.3, 0.4) is 0 Å². The van der Waals surface area contributed by atoms with Crippen LogP contribution in [-0.2, 0) is 11.2 Å². The highest BCUT2D eigenvalue weighted by molar-refractivity contribution is 5.85. The maximum absolute atomic E-state index is 12.4. The SMILES string of the molecule is COc1ccc(CC(=O)N2CCC3(CCNC3)C2)cc1.Cl. The van der Waals surface area contributed by atoms with Crippen LogP contribution in [0.25, 0.3) is 0 Å². The molecule has 5 heteroatoms. The highest BCUT2D eigenvalue weighted by Gasteiger charge is 2.41. The summed E-state index contributed by atoms with van der Waals surface area (Å²) in [6.45, 7) is 4.01. The van der Waals surface area contributed by atoms with Gasteiger partial charge in [-0.15, -0.1) is 12.4 Å². The summed E-state index contributed by atoms with van der Waals surface area (Å²) in [5.41, 5.74) is 1.41. The number of benzene rings is 1. The number of amides is 1. The van der Waals surface area contributed by atoms with Gasteiger partial charge >= 0.3 is 0 Å². The number of carbonyl (C=O) groups excluding carboxylic acids is 1. The van der Waals surface area contributed by atoms with Crippen molar-refractivity contribution in [3.63, 3.8) is 0 Å². The standard InChI is InChI=1S/C16H22N2O2.ClH/c1-20-14-4-2-13(3-5-14)10-15(19)18-9-7-16(12-18)6-8-17-11-16;/h2-5,17H,6-12H2,1H3;1H. The molecule has 4 nitrogen and oxygen atoms in total. The lowest BCUT2D eigenvalue weighted by atomic mass is 9.86. The molecule has 1 aromatic rings. The topological polar surface area (TPSA) is 41.6 Å². The van der Waals surface area contributed by atoms with Crippen LogP contribution in [0.15, 0.2) is 24.3 Å². The van der Waals surface area contributed by atoms with Gasteiger partial charge in [0.05, 0.1) is 13.5 Å². The number of rotatable bonds is 3. The summed E-state index contributed by atoms with van der Waals surface area (Å²) in [5, 5.41) is 3.42. The van der Waals surface area contributed by atoms with Crippen LogP contribution in [-0.4, -0.2) is 44.1 Å². The van der Waals surface area contributed by atoms with E-state index in [0.29, 0.717) is 11.8 Å². The van der Waals surface area contributed by atoms with Crippen LogP contribution < -0.4 is 10.1 Å². The third-order valence-corrected chi connectivity index (χ3v) is 4.64. The molecule has 2 saturated heterocycles. The largest absolute Gasteiger partial charge is 0.497 e. The molecule has 2 fully saturated rings. The van der Waals surface area contributed by atoms with Gasteiger partial charge in [-0.2, -0.15) is 0 Å². The summed E-state index contributed by atoms with van der Waals surface area (Å²) in [4.78, 5) is 14.4. The summed E-state index contributed by atoms with van der Waals surface area (Å²) in [5.74, 6) is 1.08. The first-order valence-electron chi connectivity index (χ1n) is 7.32. The van der Waals surface area contributed by atoms with Gasteiger partial charge in [-0.05, 0) is 37.1 Å². The minimum atomic E-state index is 0. The van der Waals surface area contributed by atoms with E-state index in [2.05, 4.69) is 5.32 Å². The van der Waals surface area contributed by atoms with E-state index in [4.69, 9.17) is 4.74 Å². The highest BCUT2D eigenvalue weighted by Crippen LogP contribution is 2.36. The van der Waals surface area contributed by atoms with Gasteiger partial charge in [-0.25, -0.2) is 0 Å². The summed E-state index contributed by atoms with van der Waals surface area (Å²) in [7, 11) is 1.65. The van der Waals surface area contributed by atoms with E-state index in [-0.39, 0.29) is 18.3 Å². The second-order valence-corrected chi connectivity index (χ2v) is 6.02. The minimum Gasteiger partial charge on any atom is -0.497 e. The Kier molecular flexibility index (Phi) is 5.12. The van der Waals surface area contributed by atoms with Crippen molar-refractivity contribution in [3.05, 3.63) is 29.8 Å². The Labute approximate surface area is 132 Å². The molecule has 1 unspecified atom stereocenters. The molecule has 21 heavy (non-hydrogen) atoms. The van der Waals surface area contributed by atoms with Crippen molar-refractivity contribution in [2.75, 3.05) is 33.3 Å². The van der Waals surface area contributed by atoms with E-state index >= 15 is 0 Å². The fourth-order valence-electron chi connectivity index (χ4n) is 3.32. The van der Waals surface area contributed by atoms with Crippen molar-refractivity contribution in [3.8, 4) is 5.75 Å². The van der Waals surface area contributed by atoms with E-state index in [1.54, 1.807) is 7.11 Å². The first-order valence-corrected chi connectivity index (χ1v) is 7.32. The molecule has 1 atom stereocenters. The molecule has 0 saturated carbocycles. The quantitative estimate of drug-likeness (QED) is 0.927. The molecule has 2 heterocycles. The fourth-order valence-corrected chi connectivity index (χ4v) is 3.32. The zero-order chi connectivity index (χ0) is 14.0. The zero-order valence-corrected chi connectivity index (χ0v) is 13.2. The molecule has 0 bridgehead atoms. The number of hydrogen-bond donors (Lipinski definition) is 1. The molecular weight excluding hydrogens is 288 g/mol. The Hall–Kier alpha value is -1.26. The second kappa shape index (κ2) is 6.67. The Balaban J connectivity index is 0.00000161. The predicted molar refractivity (Wildman–Crippen MR) is 85.1 cm³/mol. The van der Waals surface area contributed by atoms with Crippen LogP contribution in [0.4, 0.5) is 0 Å². The maximum atomic E-state index is 12.4. The van der Waals surface area contributed by atoms with Crippen molar-refractivity contribution < 1.29 is 9.53 Å². The first kappa shape index (κ1) is 16.1.